The van der Waals surface area contributed by atoms with E-state index in [0.717, 1.165) is 3.97 Å². The van der Waals surface area contributed by atoms with Crippen molar-refractivity contribution in [2.75, 3.05) is 19.8 Å². The number of rotatable bonds is 8. The molecule has 0 aliphatic heterocycles. The monoisotopic (exact) mass is 448 g/mol. The molecule has 10 heteroatoms. The van der Waals surface area contributed by atoms with Crippen LogP contribution in [0.25, 0.3) is 11.3 Å². The van der Waals surface area contributed by atoms with Crippen molar-refractivity contribution in [3.63, 3.8) is 0 Å². The van der Waals surface area contributed by atoms with Gasteiger partial charge in [-0.15, -0.1) is 11.8 Å². The number of pyridine rings is 1. The highest BCUT2D eigenvalue weighted by molar-refractivity contribution is 8.00. The molecule has 0 fully saturated rings. The minimum absolute atomic E-state index is 0.0476. The first-order chi connectivity index (χ1) is 14.4. The fraction of sp³-hybridized carbons (Fsp3) is 0.200. The first kappa shape index (κ1) is 22.0. The number of carbonyl (C=O) groups excluding carboxylic acids is 1. The molecule has 3 rings (SSSR count). The second kappa shape index (κ2) is 9.41. The van der Waals surface area contributed by atoms with Crippen LogP contribution in [-0.4, -0.2) is 43.1 Å². The number of benzene rings is 1. The van der Waals surface area contributed by atoms with Crippen molar-refractivity contribution in [2.45, 2.75) is 16.3 Å². The molecular formula is C20H21FN4O3S2. The van der Waals surface area contributed by atoms with Gasteiger partial charge in [0, 0.05) is 42.6 Å². The quantitative estimate of drug-likeness (QED) is 0.515. The third-order valence-electron chi connectivity index (χ3n) is 4.27. The average Bonchev–Trinajstić information content (AvgIpc) is 3.17. The van der Waals surface area contributed by atoms with Gasteiger partial charge in [0.1, 0.15) is 10.7 Å². The third-order valence-corrected chi connectivity index (χ3v) is 6.87. The van der Waals surface area contributed by atoms with E-state index in [1.165, 1.54) is 55.6 Å². The Morgan fingerprint density at radius 3 is 2.67 bits per heavy atom. The van der Waals surface area contributed by atoms with Crippen LogP contribution < -0.4 is 10.6 Å². The minimum atomic E-state index is -4.05. The van der Waals surface area contributed by atoms with Gasteiger partial charge in [-0.2, -0.15) is 0 Å². The molecule has 0 radical (unpaired) electrons. The van der Waals surface area contributed by atoms with Crippen molar-refractivity contribution in [3.05, 3.63) is 66.4 Å². The Morgan fingerprint density at radius 1 is 1.20 bits per heavy atom. The number of aromatic nitrogens is 2. The largest absolute Gasteiger partial charge is 0.358 e. The Bertz CT molecular complexity index is 1160. The van der Waals surface area contributed by atoms with E-state index in [4.69, 9.17) is 0 Å². The minimum Gasteiger partial charge on any atom is -0.358 e. The summed E-state index contributed by atoms with van der Waals surface area (Å²) in [6.07, 6.45) is 4.20. The number of nitrogens with zero attached hydrogens (tertiary/aromatic N) is 2. The summed E-state index contributed by atoms with van der Waals surface area (Å²) in [5, 5.41) is 5.48. The topological polar surface area (TPSA) is 93.1 Å². The lowest BCUT2D eigenvalue weighted by Gasteiger charge is -2.12. The Hall–Kier alpha value is -2.69. The number of nitrogens with one attached hydrogen (secondary N) is 2. The van der Waals surface area contributed by atoms with Crippen molar-refractivity contribution >= 4 is 27.7 Å². The molecule has 158 valence electrons. The molecule has 1 amide bonds. The molecule has 0 saturated heterocycles. The Morgan fingerprint density at radius 2 is 1.97 bits per heavy atom. The molecule has 0 unspecified atom stereocenters. The van der Waals surface area contributed by atoms with Gasteiger partial charge < -0.3 is 10.6 Å². The molecule has 1 aromatic carbocycles. The van der Waals surface area contributed by atoms with Gasteiger partial charge >= 0.3 is 0 Å². The number of thioether (sulfide) groups is 1. The summed E-state index contributed by atoms with van der Waals surface area (Å²) in [6.45, 7) is 0.421. The van der Waals surface area contributed by atoms with E-state index >= 15 is 0 Å². The van der Waals surface area contributed by atoms with Crippen LogP contribution in [0.4, 0.5) is 4.39 Å². The van der Waals surface area contributed by atoms with Gasteiger partial charge in [-0.1, -0.05) is 12.1 Å². The van der Waals surface area contributed by atoms with Crippen molar-refractivity contribution in [1.82, 2.24) is 19.6 Å². The van der Waals surface area contributed by atoms with Gasteiger partial charge in [-0.25, -0.2) is 16.8 Å². The Labute approximate surface area is 178 Å². The van der Waals surface area contributed by atoms with Crippen LogP contribution in [0.15, 0.2) is 64.8 Å². The average molecular weight is 449 g/mol. The first-order valence-electron chi connectivity index (χ1n) is 9.01. The predicted molar refractivity (Wildman–Crippen MR) is 114 cm³/mol. The van der Waals surface area contributed by atoms with E-state index in [9.17, 15) is 17.6 Å². The molecule has 2 aromatic heterocycles. The van der Waals surface area contributed by atoms with Crippen molar-refractivity contribution < 1.29 is 17.6 Å². The molecular weight excluding hydrogens is 427 g/mol. The summed E-state index contributed by atoms with van der Waals surface area (Å²) >= 11 is 1.18. The first-order valence-corrected chi connectivity index (χ1v) is 11.4. The highest BCUT2D eigenvalue weighted by atomic mass is 32.2. The van der Waals surface area contributed by atoms with E-state index in [1.54, 1.807) is 25.2 Å². The van der Waals surface area contributed by atoms with Crippen molar-refractivity contribution in [3.8, 4) is 11.3 Å². The zero-order valence-electron chi connectivity index (χ0n) is 16.4. The molecule has 30 heavy (non-hydrogen) atoms. The zero-order chi connectivity index (χ0) is 21.7. The third kappa shape index (κ3) is 4.72. The van der Waals surface area contributed by atoms with Gasteiger partial charge in [0.15, 0.2) is 0 Å². The smallest absolute Gasteiger partial charge is 0.269 e. The fourth-order valence-corrected chi connectivity index (χ4v) is 5.06. The van der Waals surface area contributed by atoms with E-state index in [-0.39, 0.29) is 27.8 Å². The van der Waals surface area contributed by atoms with E-state index in [1.807, 2.05) is 0 Å². The normalized spacial score (nSPS) is 11.4. The van der Waals surface area contributed by atoms with Gasteiger partial charge in [0.25, 0.3) is 10.0 Å². The standard InChI is InChI=1S/C20H21FN4O3S2/c1-22-9-14-7-19(17-5-3-4-6-18(17)21)25(12-14)30(27,28)16-8-15(10-24-11-16)29-13-20(26)23-2/h3-8,10-12,22H,9,13H2,1-2H3,(H,23,26). The van der Waals surface area contributed by atoms with Gasteiger partial charge in [-0.3, -0.25) is 9.78 Å². The lowest BCUT2D eigenvalue weighted by atomic mass is 10.1. The molecule has 2 N–H and O–H groups in total. The van der Waals surface area contributed by atoms with Crippen LogP contribution >= 0.6 is 11.8 Å². The Kier molecular flexibility index (Phi) is 6.91. The second-order valence-electron chi connectivity index (χ2n) is 6.36. The molecule has 0 atom stereocenters. The number of carbonyl (C=O) groups is 1. The van der Waals surface area contributed by atoms with Crippen LogP contribution in [0.3, 0.4) is 0 Å². The van der Waals surface area contributed by atoms with Crippen LogP contribution in [0, 0.1) is 5.82 Å². The summed E-state index contributed by atoms with van der Waals surface area (Å²) in [5.41, 5.74) is 1.10. The zero-order valence-corrected chi connectivity index (χ0v) is 18.1. The molecule has 0 saturated carbocycles. The summed E-state index contributed by atoms with van der Waals surface area (Å²) in [4.78, 5) is 16.0. The maximum absolute atomic E-state index is 14.4. The van der Waals surface area contributed by atoms with Gasteiger partial charge in [0.2, 0.25) is 5.91 Å². The lowest BCUT2D eigenvalue weighted by molar-refractivity contribution is -0.118. The summed E-state index contributed by atoms with van der Waals surface area (Å²) < 4.78 is 42.3. The molecule has 0 spiro atoms. The Balaban J connectivity index is 2.06. The molecule has 7 nitrogen and oxygen atoms in total. The van der Waals surface area contributed by atoms with Crippen molar-refractivity contribution in [1.29, 1.82) is 0 Å². The van der Waals surface area contributed by atoms with Crippen LogP contribution in [-0.2, 0) is 21.4 Å². The summed E-state index contributed by atoms with van der Waals surface area (Å²) in [7, 11) is -0.782. The van der Waals surface area contributed by atoms with Crippen LogP contribution in [0.1, 0.15) is 5.56 Å². The molecule has 0 bridgehead atoms. The van der Waals surface area contributed by atoms with Gasteiger partial charge in [-0.05, 0) is 36.9 Å². The summed E-state index contributed by atoms with van der Waals surface area (Å²) in [6, 6.07) is 9.12. The highest BCUT2D eigenvalue weighted by Gasteiger charge is 2.24. The predicted octanol–water partition coefficient (Wildman–Crippen LogP) is 2.48. The maximum atomic E-state index is 14.4. The van der Waals surface area contributed by atoms with Crippen LogP contribution in [0.5, 0.6) is 0 Å². The molecule has 0 aliphatic rings. The van der Waals surface area contributed by atoms with E-state index < -0.39 is 15.8 Å². The number of hydrogen-bond acceptors (Lipinski definition) is 6. The SMILES string of the molecule is CNCc1cc(-c2ccccc2F)n(S(=O)(=O)c2cncc(SCC(=O)NC)c2)c1. The van der Waals surface area contributed by atoms with E-state index in [0.29, 0.717) is 17.0 Å². The van der Waals surface area contributed by atoms with Crippen molar-refractivity contribution in [2.24, 2.45) is 0 Å². The maximum Gasteiger partial charge on any atom is 0.269 e. The fourth-order valence-electron chi connectivity index (χ4n) is 2.82. The number of halogens is 1. The molecule has 0 aliphatic carbocycles. The lowest BCUT2D eigenvalue weighted by Crippen LogP contribution is -2.19. The molecule has 2 heterocycles. The second-order valence-corrected chi connectivity index (χ2v) is 9.23. The number of amides is 1. The highest BCUT2D eigenvalue weighted by Crippen LogP contribution is 2.30. The summed E-state index contributed by atoms with van der Waals surface area (Å²) in [5.74, 6) is -0.564. The molecule has 3 aromatic rings. The van der Waals surface area contributed by atoms with Gasteiger partial charge in [0.05, 0.1) is 11.4 Å². The van der Waals surface area contributed by atoms with E-state index in [2.05, 4.69) is 15.6 Å². The van der Waals surface area contributed by atoms with Crippen LogP contribution in [0.2, 0.25) is 0 Å². The number of hydrogen-bond donors (Lipinski definition) is 2.